The van der Waals surface area contributed by atoms with E-state index in [1.807, 2.05) is 11.8 Å². The van der Waals surface area contributed by atoms with E-state index in [-0.39, 0.29) is 11.9 Å². The first-order valence-corrected chi connectivity index (χ1v) is 7.30. The summed E-state index contributed by atoms with van der Waals surface area (Å²) in [6.07, 6.45) is 7.18. The summed E-state index contributed by atoms with van der Waals surface area (Å²) < 4.78 is 2.10. The lowest BCUT2D eigenvalue weighted by Gasteiger charge is -2.30. The Morgan fingerprint density at radius 2 is 2.21 bits per heavy atom. The number of carbonyl (C=O) groups is 1. The standard InChI is InChI=1S/C14H22N4O/c1-11-14(19)17(9-7-15-11)10-12-6-8-18(16-12)13-4-2-3-5-13/h6,8,11,13,15H,2-5,7,9-10H2,1H3. The Kier molecular flexibility index (Phi) is 3.55. The number of nitrogens with zero attached hydrogens (tertiary/aromatic N) is 3. The van der Waals surface area contributed by atoms with Gasteiger partial charge < -0.3 is 10.2 Å². The first kappa shape index (κ1) is 12.7. The highest BCUT2D eigenvalue weighted by Gasteiger charge is 2.25. The van der Waals surface area contributed by atoms with E-state index in [1.54, 1.807) is 0 Å². The van der Waals surface area contributed by atoms with E-state index in [0.717, 1.165) is 18.8 Å². The van der Waals surface area contributed by atoms with Crippen LogP contribution in [0.25, 0.3) is 0 Å². The molecule has 2 fully saturated rings. The molecule has 5 nitrogen and oxygen atoms in total. The molecule has 2 heterocycles. The minimum absolute atomic E-state index is 0.0642. The SMILES string of the molecule is CC1NCCN(Cc2ccn(C3CCCC3)n2)C1=O. The van der Waals surface area contributed by atoms with E-state index in [0.29, 0.717) is 12.6 Å². The summed E-state index contributed by atoms with van der Waals surface area (Å²) in [6, 6.07) is 2.57. The molecule has 104 valence electrons. The summed E-state index contributed by atoms with van der Waals surface area (Å²) in [5.74, 6) is 0.182. The zero-order chi connectivity index (χ0) is 13.2. The molecule has 0 radical (unpaired) electrons. The third-order valence-electron chi connectivity index (χ3n) is 4.23. The van der Waals surface area contributed by atoms with Gasteiger partial charge in [0.25, 0.3) is 0 Å². The van der Waals surface area contributed by atoms with E-state index in [4.69, 9.17) is 0 Å². The lowest BCUT2D eigenvalue weighted by molar-refractivity contribution is -0.135. The van der Waals surface area contributed by atoms with Gasteiger partial charge in [0.15, 0.2) is 0 Å². The zero-order valence-electron chi connectivity index (χ0n) is 11.5. The highest BCUT2D eigenvalue weighted by Crippen LogP contribution is 2.28. The Morgan fingerprint density at radius 1 is 1.42 bits per heavy atom. The number of nitrogens with one attached hydrogen (secondary N) is 1. The van der Waals surface area contributed by atoms with Crippen molar-refractivity contribution < 1.29 is 4.79 Å². The maximum Gasteiger partial charge on any atom is 0.239 e. The molecule has 1 aliphatic heterocycles. The normalized spacial score (nSPS) is 25.2. The number of carbonyl (C=O) groups excluding carboxylic acids is 1. The number of piperazine rings is 1. The van der Waals surface area contributed by atoms with Gasteiger partial charge in [0.1, 0.15) is 0 Å². The predicted octanol–water partition coefficient (Wildman–Crippen LogP) is 1.32. The van der Waals surface area contributed by atoms with Gasteiger partial charge in [-0.15, -0.1) is 0 Å². The van der Waals surface area contributed by atoms with Crippen molar-refractivity contribution in [3.8, 4) is 0 Å². The van der Waals surface area contributed by atoms with E-state index in [9.17, 15) is 4.79 Å². The third-order valence-corrected chi connectivity index (χ3v) is 4.23. The van der Waals surface area contributed by atoms with Crippen LogP contribution in [-0.2, 0) is 11.3 Å². The Hall–Kier alpha value is -1.36. The van der Waals surface area contributed by atoms with Gasteiger partial charge in [0.2, 0.25) is 5.91 Å². The van der Waals surface area contributed by atoms with Crippen LogP contribution >= 0.6 is 0 Å². The fourth-order valence-corrected chi connectivity index (χ4v) is 3.07. The van der Waals surface area contributed by atoms with E-state index in [1.165, 1.54) is 25.7 Å². The minimum atomic E-state index is -0.0642. The summed E-state index contributed by atoms with van der Waals surface area (Å²) in [5, 5.41) is 7.83. The van der Waals surface area contributed by atoms with Crippen LogP contribution in [0.15, 0.2) is 12.3 Å². The van der Waals surface area contributed by atoms with Gasteiger partial charge in [-0.3, -0.25) is 9.48 Å². The van der Waals surface area contributed by atoms with Gasteiger partial charge in [-0.25, -0.2) is 0 Å². The zero-order valence-corrected chi connectivity index (χ0v) is 11.5. The van der Waals surface area contributed by atoms with Gasteiger partial charge in [-0.1, -0.05) is 12.8 Å². The number of hydrogen-bond donors (Lipinski definition) is 1. The summed E-state index contributed by atoms with van der Waals surface area (Å²) in [4.78, 5) is 13.9. The van der Waals surface area contributed by atoms with Gasteiger partial charge in [0.05, 0.1) is 24.3 Å². The van der Waals surface area contributed by atoms with Crippen LogP contribution in [0.5, 0.6) is 0 Å². The highest BCUT2D eigenvalue weighted by atomic mass is 16.2. The first-order chi connectivity index (χ1) is 9.24. The fourth-order valence-electron chi connectivity index (χ4n) is 3.07. The Labute approximate surface area is 114 Å². The average Bonchev–Trinajstić information content (AvgIpc) is 3.05. The second-order valence-electron chi connectivity index (χ2n) is 5.66. The van der Waals surface area contributed by atoms with Crippen molar-refractivity contribution in [2.24, 2.45) is 0 Å². The summed E-state index contributed by atoms with van der Waals surface area (Å²) in [5.41, 5.74) is 1.01. The van der Waals surface area contributed by atoms with Gasteiger partial charge in [-0.2, -0.15) is 5.10 Å². The molecular formula is C14H22N4O. The van der Waals surface area contributed by atoms with Crippen molar-refractivity contribution in [2.75, 3.05) is 13.1 Å². The molecule has 1 N–H and O–H groups in total. The van der Waals surface area contributed by atoms with Crippen molar-refractivity contribution in [3.63, 3.8) is 0 Å². The molecule has 1 aliphatic carbocycles. The van der Waals surface area contributed by atoms with Gasteiger partial charge >= 0.3 is 0 Å². The van der Waals surface area contributed by atoms with Gasteiger partial charge in [-0.05, 0) is 25.8 Å². The van der Waals surface area contributed by atoms with Crippen molar-refractivity contribution in [1.29, 1.82) is 0 Å². The van der Waals surface area contributed by atoms with Crippen LogP contribution in [0.2, 0.25) is 0 Å². The molecule has 0 bridgehead atoms. The molecule has 1 saturated carbocycles. The molecule has 1 unspecified atom stereocenters. The Morgan fingerprint density at radius 3 is 3.00 bits per heavy atom. The first-order valence-electron chi connectivity index (χ1n) is 7.30. The largest absolute Gasteiger partial charge is 0.334 e. The lowest BCUT2D eigenvalue weighted by Crippen LogP contribution is -2.53. The minimum Gasteiger partial charge on any atom is -0.334 e. The molecule has 5 heteroatoms. The molecule has 1 atom stereocenters. The number of rotatable bonds is 3. The smallest absolute Gasteiger partial charge is 0.239 e. The second-order valence-corrected chi connectivity index (χ2v) is 5.66. The van der Waals surface area contributed by atoms with E-state index < -0.39 is 0 Å². The quantitative estimate of drug-likeness (QED) is 0.894. The van der Waals surface area contributed by atoms with E-state index >= 15 is 0 Å². The molecule has 19 heavy (non-hydrogen) atoms. The molecule has 2 aliphatic rings. The molecule has 3 rings (SSSR count). The van der Waals surface area contributed by atoms with Crippen LogP contribution < -0.4 is 5.32 Å². The maximum absolute atomic E-state index is 12.0. The molecule has 1 saturated heterocycles. The van der Waals surface area contributed by atoms with Crippen molar-refractivity contribution >= 4 is 5.91 Å². The number of aromatic nitrogens is 2. The van der Waals surface area contributed by atoms with Gasteiger partial charge in [0, 0.05) is 19.3 Å². The summed E-state index contributed by atoms with van der Waals surface area (Å²) in [7, 11) is 0. The topological polar surface area (TPSA) is 50.2 Å². The van der Waals surface area contributed by atoms with Crippen molar-refractivity contribution in [2.45, 2.75) is 51.2 Å². The van der Waals surface area contributed by atoms with Crippen molar-refractivity contribution in [3.05, 3.63) is 18.0 Å². The Bertz CT molecular complexity index is 450. The maximum atomic E-state index is 12.0. The highest BCUT2D eigenvalue weighted by molar-refractivity contribution is 5.82. The molecular weight excluding hydrogens is 240 g/mol. The monoisotopic (exact) mass is 262 g/mol. The number of hydrogen-bond acceptors (Lipinski definition) is 3. The van der Waals surface area contributed by atoms with Crippen molar-refractivity contribution in [1.82, 2.24) is 20.0 Å². The second kappa shape index (κ2) is 5.33. The van der Waals surface area contributed by atoms with Crippen LogP contribution in [0, 0.1) is 0 Å². The molecule has 1 aromatic rings. The van der Waals surface area contributed by atoms with Crippen LogP contribution in [0.1, 0.15) is 44.3 Å². The fraction of sp³-hybridized carbons (Fsp3) is 0.714. The predicted molar refractivity (Wildman–Crippen MR) is 72.6 cm³/mol. The summed E-state index contributed by atoms with van der Waals surface area (Å²) >= 11 is 0. The average molecular weight is 262 g/mol. The molecule has 1 aromatic heterocycles. The van der Waals surface area contributed by atoms with Crippen LogP contribution in [0.4, 0.5) is 0 Å². The summed E-state index contributed by atoms with van der Waals surface area (Å²) in [6.45, 7) is 4.21. The number of amides is 1. The molecule has 0 spiro atoms. The molecule has 1 amide bonds. The van der Waals surface area contributed by atoms with E-state index in [2.05, 4.69) is 27.4 Å². The molecule has 0 aromatic carbocycles. The third kappa shape index (κ3) is 2.66. The lowest BCUT2D eigenvalue weighted by atomic mass is 10.2. The van der Waals surface area contributed by atoms with Crippen LogP contribution in [-0.4, -0.2) is 39.7 Å². The van der Waals surface area contributed by atoms with Crippen LogP contribution in [0.3, 0.4) is 0 Å². The Balaban J connectivity index is 1.64.